The summed E-state index contributed by atoms with van der Waals surface area (Å²) in [4.78, 5) is 24.4. The topological polar surface area (TPSA) is 46.1 Å². The average Bonchev–Trinajstić information content (AvgIpc) is 2.61. The maximum atomic E-state index is 13.1. The highest BCUT2D eigenvalue weighted by Gasteiger charge is 2.36. The van der Waals surface area contributed by atoms with Crippen LogP contribution in [0.4, 0.5) is 0 Å². The van der Waals surface area contributed by atoms with Gasteiger partial charge in [0.1, 0.15) is 0 Å². The predicted octanol–water partition coefficient (Wildman–Crippen LogP) is 4.04. The number of fused-ring (bicyclic) bond motifs is 2. The van der Waals surface area contributed by atoms with Crippen LogP contribution in [0.25, 0.3) is 11.0 Å². The third-order valence-electron chi connectivity index (χ3n) is 5.83. The molecule has 1 saturated heterocycles. The van der Waals surface area contributed by atoms with Crippen LogP contribution in [0.5, 0.6) is 0 Å². The first-order valence-corrected chi connectivity index (χ1v) is 9.19. The van der Waals surface area contributed by atoms with Crippen LogP contribution in [0, 0.1) is 19.8 Å². The van der Waals surface area contributed by atoms with E-state index in [0.717, 1.165) is 41.0 Å². The van der Waals surface area contributed by atoms with Crippen molar-refractivity contribution >= 4 is 16.9 Å². The summed E-state index contributed by atoms with van der Waals surface area (Å²) in [5.41, 5.74) is 4.32. The molecule has 24 heavy (non-hydrogen) atoms. The summed E-state index contributed by atoms with van der Waals surface area (Å²) in [5, 5.41) is 0. The third-order valence-corrected chi connectivity index (χ3v) is 5.83. The van der Waals surface area contributed by atoms with Crippen molar-refractivity contribution in [1.82, 2.24) is 14.9 Å². The Hall–Kier alpha value is -1.97. The molecule has 0 N–H and O–H groups in total. The molecule has 1 aromatic carbocycles. The van der Waals surface area contributed by atoms with E-state index in [0.29, 0.717) is 12.0 Å². The lowest BCUT2D eigenvalue weighted by molar-refractivity contribution is 0.0391. The van der Waals surface area contributed by atoms with Crippen LogP contribution in [-0.4, -0.2) is 33.4 Å². The molecule has 1 saturated carbocycles. The van der Waals surface area contributed by atoms with E-state index in [1.165, 1.54) is 32.1 Å². The van der Waals surface area contributed by atoms with Crippen LogP contribution in [-0.2, 0) is 0 Å². The number of piperidine rings is 1. The number of aromatic nitrogens is 2. The molecule has 1 amide bonds. The highest BCUT2D eigenvalue weighted by atomic mass is 16.2. The fourth-order valence-electron chi connectivity index (χ4n) is 4.41. The molecule has 1 aliphatic heterocycles. The lowest BCUT2D eigenvalue weighted by atomic mass is 9.78. The van der Waals surface area contributed by atoms with E-state index in [1.54, 1.807) is 0 Å². The molecule has 4 nitrogen and oxygen atoms in total. The summed E-state index contributed by atoms with van der Waals surface area (Å²) in [6.07, 6.45) is 7.47. The van der Waals surface area contributed by atoms with Crippen molar-refractivity contribution in [1.29, 1.82) is 0 Å². The SMILES string of the molecule is Cc1nc2ccc(C(=O)N3CCC[C@H]4CCCC[C@H]43)cc2nc1C. The summed E-state index contributed by atoms with van der Waals surface area (Å²) in [6, 6.07) is 6.22. The van der Waals surface area contributed by atoms with E-state index in [9.17, 15) is 4.79 Å². The second-order valence-electron chi connectivity index (χ2n) is 7.35. The molecule has 126 valence electrons. The number of hydrogen-bond donors (Lipinski definition) is 0. The Labute approximate surface area is 143 Å². The molecule has 2 heterocycles. The Morgan fingerprint density at radius 1 is 1.00 bits per heavy atom. The Morgan fingerprint density at radius 2 is 1.71 bits per heavy atom. The van der Waals surface area contributed by atoms with Crippen LogP contribution in [0.2, 0.25) is 0 Å². The zero-order valence-corrected chi connectivity index (χ0v) is 14.6. The molecule has 4 rings (SSSR count). The van der Waals surface area contributed by atoms with Crippen molar-refractivity contribution in [3.8, 4) is 0 Å². The molecule has 2 atom stereocenters. The smallest absolute Gasteiger partial charge is 0.254 e. The molecule has 1 aromatic heterocycles. The van der Waals surface area contributed by atoms with Crippen molar-refractivity contribution < 1.29 is 4.79 Å². The molecule has 0 radical (unpaired) electrons. The quantitative estimate of drug-likeness (QED) is 0.795. The number of likely N-dealkylation sites (tertiary alicyclic amines) is 1. The number of hydrogen-bond acceptors (Lipinski definition) is 3. The summed E-state index contributed by atoms with van der Waals surface area (Å²) < 4.78 is 0. The molecule has 0 bridgehead atoms. The monoisotopic (exact) mass is 323 g/mol. The molecule has 2 aliphatic rings. The molecular weight excluding hydrogens is 298 g/mol. The van der Waals surface area contributed by atoms with Crippen LogP contribution >= 0.6 is 0 Å². The van der Waals surface area contributed by atoms with E-state index in [1.807, 2.05) is 32.0 Å². The van der Waals surface area contributed by atoms with Gasteiger partial charge in [-0.25, -0.2) is 9.97 Å². The average molecular weight is 323 g/mol. The molecule has 0 unspecified atom stereocenters. The number of aryl methyl sites for hydroxylation is 2. The lowest BCUT2D eigenvalue weighted by Crippen LogP contribution is -2.49. The van der Waals surface area contributed by atoms with Gasteiger partial charge in [0.25, 0.3) is 5.91 Å². The number of nitrogens with zero attached hydrogens (tertiary/aromatic N) is 3. The fourth-order valence-corrected chi connectivity index (χ4v) is 4.41. The Morgan fingerprint density at radius 3 is 2.54 bits per heavy atom. The minimum absolute atomic E-state index is 0.175. The van der Waals surface area contributed by atoms with Gasteiger partial charge in [0.2, 0.25) is 0 Å². The van der Waals surface area contributed by atoms with Crippen LogP contribution in [0.15, 0.2) is 18.2 Å². The van der Waals surface area contributed by atoms with Gasteiger partial charge in [-0.1, -0.05) is 12.8 Å². The first-order chi connectivity index (χ1) is 11.6. The van der Waals surface area contributed by atoms with Gasteiger partial charge in [-0.3, -0.25) is 4.79 Å². The Kier molecular flexibility index (Phi) is 3.99. The van der Waals surface area contributed by atoms with E-state index >= 15 is 0 Å². The fraction of sp³-hybridized carbons (Fsp3) is 0.550. The number of carbonyl (C=O) groups is 1. The van der Waals surface area contributed by atoms with Crippen LogP contribution in [0.1, 0.15) is 60.3 Å². The largest absolute Gasteiger partial charge is 0.335 e. The minimum atomic E-state index is 0.175. The van der Waals surface area contributed by atoms with Crippen molar-refractivity contribution in [3.05, 3.63) is 35.2 Å². The van der Waals surface area contributed by atoms with Crippen molar-refractivity contribution in [2.45, 2.75) is 58.4 Å². The summed E-state index contributed by atoms with van der Waals surface area (Å²) in [5.74, 6) is 0.884. The maximum absolute atomic E-state index is 13.1. The van der Waals surface area contributed by atoms with Gasteiger partial charge in [0, 0.05) is 18.2 Å². The van der Waals surface area contributed by atoms with Crippen molar-refractivity contribution in [2.24, 2.45) is 5.92 Å². The Balaban J connectivity index is 1.66. The van der Waals surface area contributed by atoms with E-state index in [-0.39, 0.29) is 5.91 Å². The molecule has 2 fully saturated rings. The zero-order chi connectivity index (χ0) is 16.7. The number of amides is 1. The highest BCUT2D eigenvalue weighted by Crippen LogP contribution is 2.36. The van der Waals surface area contributed by atoms with Gasteiger partial charge in [-0.2, -0.15) is 0 Å². The number of carbonyl (C=O) groups excluding carboxylic acids is 1. The summed E-state index contributed by atoms with van der Waals surface area (Å²) in [6.45, 7) is 4.84. The first-order valence-electron chi connectivity index (χ1n) is 9.19. The molecule has 1 aliphatic carbocycles. The van der Waals surface area contributed by atoms with E-state index < -0.39 is 0 Å². The van der Waals surface area contributed by atoms with E-state index in [2.05, 4.69) is 14.9 Å². The Bertz CT molecular complexity index is 784. The normalized spacial score (nSPS) is 24.0. The lowest BCUT2D eigenvalue weighted by Gasteiger charge is -2.44. The number of rotatable bonds is 1. The van der Waals surface area contributed by atoms with Crippen molar-refractivity contribution in [3.63, 3.8) is 0 Å². The molecular formula is C20H25N3O. The predicted molar refractivity (Wildman–Crippen MR) is 95.0 cm³/mol. The molecule has 2 aromatic rings. The second kappa shape index (κ2) is 6.15. The van der Waals surface area contributed by atoms with Gasteiger partial charge >= 0.3 is 0 Å². The highest BCUT2D eigenvalue weighted by molar-refractivity contribution is 5.97. The van der Waals surface area contributed by atoms with Crippen molar-refractivity contribution in [2.75, 3.05) is 6.54 Å². The van der Waals surface area contributed by atoms with Gasteiger partial charge in [0.15, 0.2) is 0 Å². The van der Waals surface area contributed by atoms with Gasteiger partial charge in [0.05, 0.1) is 22.4 Å². The van der Waals surface area contributed by atoms with Gasteiger partial charge in [-0.05, 0) is 63.6 Å². The second-order valence-corrected chi connectivity index (χ2v) is 7.35. The summed E-state index contributed by atoms with van der Waals surface area (Å²) >= 11 is 0. The minimum Gasteiger partial charge on any atom is -0.335 e. The van der Waals surface area contributed by atoms with Gasteiger partial charge < -0.3 is 4.90 Å². The first kappa shape index (κ1) is 15.6. The third kappa shape index (κ3) is 2.68. The van der Waals surface area contributed by atoms with Gasteiger partial charge in [-0.15, -0.1) is 0 Å². The molecule has 4 heteroatoms. The zero-order valence-electron chi connectivity index (χ0n) is 14.6. The summed E-state index contributed by atoms with van der Waals surface area (Å²) in [7, 11) is 0. The van der Waals surface area contributed by atoms with E-state index in [4.69, 9.17) is 0 Å². The van der Waals surface area contributed by atoms with Crippen LogP contribution in [0.3, 0.4) is 0 Å². The maximum Gasteiger partial charge on any atom is 0.254 e. The number of benzene rings is 1. The standard InChI is InChI=1S/C20H25N3O/c1-13-14(2)22-18-12-16(9-10-17(18)21-13)20(24)23-11-5-7-15-6-3-4-8-19(15)23/h9-10,12,15,19H,3-8,11H2,1-2H3/t15-,19-/m1/s1. The molecule has 0 spiro atoms. The van der Waals surface area contributed by atoms with Crippen LogP contribution < -0.4 is 0 Å².